The van der Waals surface area contributed by atoms with Gasteiger partial charge in [-0.2, -0.15) is 5.43 Å². The van der Waals surface area contributed by atoms with Crippen molar-refractivity contribution in [1.29, 1.82) is 0 Å². The van der Waals surface area contributed by atoms with Gasteiger partial charge in [0.25, 0.3) is 5.91 Å². The number of anilines is 1. The number of hydrazine groups is 1. The molecule has 1 amide bonds. The number of aryl methyl sites for hydroxylation is 1. The lowest BCUT2D eigenvalue weighted by Gasteiger charge is -2.36. The second-order valence-corrected chi connectivity index (χ2v) is 13.4. The van der Waals surface area contributed by atoms with Gasteiger partial charge in [0.05, 0.1) is 41.2 Å². The van der Waals surface area contributed by atoms with E-state index in [0.717, 1.165) is 40.1 Å². The maximum absolute atomic E-state index is 13.3. The standard InChI is InChI=1S/C33H46N7O5/c1-21(43-5)30-24(8-6-12-35-30)31-26-18-33(2,3)20-45-40(42)29-9-7-13-39(36-29)32(41)27(34)17-23-19-38(14-15-44-23)22-10-11-28(37(31)4)25(26)16-22/h6,8,10-12,16,21,23,27,29,36H,7,9,13-15,17-20,34H2,1-5H3/q+1/t21-,23-,27-,29+/m0/s1. The summed E-state index contributed by atoms with van der Waals surface area (Å²) in [6, 6.07) is 9.91. The van der Waals surface area contributed by atoms with Gasteiger partial charge in [0, 0.05) is 74.0 Å². The van der Waals surface area contributed by atoms with Crippen LogP contribution in [0.1, 0.15) is 57.4 Å². The Balaban J connectivity index is 1.47. The number of nitrogens with two attached hydrogens (primary N) is 1. The van der Waals surface area contributed by atoms with Gasteiger partial charge < -0.3 is 24.7 Å². The zero-order valence-electron chi connectivity index (χ0n) is 27.0. The van der Waals surface area contributed by atoms with E-state index in [2.05, 4.69) is 60.1 Å². The Hall–Kier alpha value is -3.58. The highest BCUT2D eigenvalue weighted by atomic mass is 16.8. The van der Waals surface area contributed by atoms with Gasteiger partial charge in [-0.15, -0.1) is 0 Å². The quantitative estimate of drug-likeness (QED) is 0.452. The number of methoxy groups -OCH3 is 1. The molecule has 242 valence electrons. The van der Waals surface area contributed by atoms with Crippen LogP contribution in [0.5, 0.6) is 0 Å². The van der Waals surface area contributed by atoms with E-state index in [1.807, 2.05) is 13.0 Å². The van der Waals surface area contributed by atoms with Gasteiger partial charge in [0.2, 0.25) is 4.92 Å². The molecule has 2 saturated heterocycles. The summed E-state index contributed by atoms with van der Waals surface area (Å²) in [5.41, 5.74) is 15.4. The molecule has 3 aliphatic heterocycles. The second-order valence-electron chi connectivity index (χ2n) is 13.4. The van der Waals surface area contributed by atoms with Crippen LogP contribution in [0.2, 0.25) is 0 Å². The maximum Gasteiger partial charge on any atom is 0.326 e. The summed E-state index contributed by atoms with van der Waals surface area (Å²) in [7, 11) is 3.79. The zero-order valence-corrected chi connectivity index (χ0v) is 27.0. The van der Waals surface area contributed by atoms with Crippen molar-refractivity contribution in [1.82, 2.24) is 20.0 Å². The Morgan fingerprint density at radius 1 is 1.24 bits per heavy atom. The third kappa shape index (κ3) is 6.29. The van der Waals surface area contributed by atoms with Crippen molar-refractivity contribution in [3.63, 3.8) is 0 Å². The number of fused-ring (bicyclic) bond motifs is 6. The van der Waals surface area contributed by atoms with Crippen molar-refractivity contribution in [2.75, 3.05) is 44.9 Å². The number of nitrogens with zero attached hydrogens (tertiary/aromatic N) is 5. The van der Waals surface area contributed by atoms with Gasteiger partial charge >= 0.3 is 6.17 Å². The average molecular weight is 621 g/mol. The number of carbonyl (C=O) groups excluding carboxylic acids is 1. The summed E-state index contributed by atoms with van der Waals surface area (Å²) in [6.07, 6.45) is 2.98. The van der Waals surface area contributed by atoms with Crippen LogP contribution in [0.25, 0.3) is 22.2 Å². The zero-order chi connectivity index (χ0) is 31.9. The minimum absolute atomic E-state index is 0.192. The molecule has 4 atom stereocenters. The number of rotatable bonds is 3. The molecule has 12 nitrogen and oxygen atoms in total. The van der Waals surface area contributed by atoms with Crippen LogP contribution in [0, 0.1) is 10.3 Å². The first-order valence-electron chi connectivity index (χ1n) is 15.9. The number of hydrogen-bond donors (Lipinski definition) is 2. The Labute approximate surface area is 264 Å². The smallest absolute Gasteiger partial charge is 0.326 e. The number of pyridine rings is 1. The van der Waals surface area contributed by atoms with Crippen molar-refractivity contribution >= 4 is 22.5 Å². The molecule has 2 fully saturated rings. The fraction of sp³-hybridized carbons (Fsp3) is 0.576. The molecule has 0 radical (unpaired) electrons. The van der Waals surface area contributed by atoms with E-state index >= 15 is 0 Å². The molecular formula is C33H46N7O5+. The topological polar surface area (TPSA) is 127 Å². The van der Waals surface area contributed by atoms with E-state index in [4.69, 9.17) is 25.0 Å². The Morgan fingerprint density at radius 3 is 2.87 bits per heavy atom. The second kappa shape index (κ2) is 12.7. The molecular weight excluding hydrogens is 574 g/mol. The molecule has 3 aliphatic rings. The molecule has 3 aromatic rings. The number of morpholine rings is 1. The highest BCUT2D eigenvalue weighted by Crippen LogP contribution is 2.41. The van der Waals surface area contributed by atoms with E-state index in [0.29, 0.717) is 50.3 Å². The number of hydrogen-bond acceptors (Lipinski definition) is 9. The molecule has 6 bridgehead atoms. The molecule has 6 rings (SSSR count). The summed E-state index contributed by atoms with van der Waals surface area (Å²) >= 11 is 0. The normalized spacial score (nSPS) is 25.2. The lowest BCUT2D eigenvalue weighted by Crippen LogP contribution is -2.60. The monoisotopic (exact) mass is 620 g/mol. The van der Waals surface area contributed by atoms with Gasteiger partial charge in [-0.3, -0.25) is 14.8 Å². The highest BCUT2D eigenvalue weighted by Gasteiger charge is 2.39. The minimum atomic E-state index is -0.756. The van der Waals surface area contributed by atoms with E-state index in [1.54, 1.807) is 13.3 Å². The molecule has 0 spiro atoms. The number of benzene rings is 1. The van der Waals surface area contributed by atoms with Gasteiger partial charge in [0.15, 0.2) is 6.61 Å². The first kappa shape index (κ1) is 31.4. The fourth-order valence-electron chi connectivity index (χ4n) is 6.90. The molecule has 1 aromatic carbocycles. The number of aromatic nitrogens is 2. The summed E-state index contributed by atoms with van der Waals surface area (Å²) in [4.78, 5) is 40.1. The third-order valence-corrected chi connectivity index (χ3v) is 9.38. The van der Waals surface area contributed by atoms with E-state index in [9.17, 15) is 9.70 Å². The molecule has 45 heavy (non-hydrogen) atoms. The fourth-order valence-corrected chi connectivity index (χ4v) is 6.90. The lowest BCUT2D eigenvalue weighted by molar-refractivity contribution is -0.835. The van der Waals surface area contributed by atoms with Crippen LogP contribution >= 0.6 is 0 Å². The Morgan fingerprint density at radius 2 is 2.07 bits per heavy atom. The third-order valence-electron chi connectivity index (χ3n) is 9.38. The van der Waals surface area contributed by atoms with Gasteiger partial charge in [-0.1, -0.05) is 13.8 Å². The largest absolute Gasteiger partial charge is 0.375 e. The maximum atomic E-state index is 13.3. The van der Waals surface area contributed by atoms with Crippen LogP contribution in [0.15, 0.2) is 36.5 Å². The van der Waals surface area contributed by atoms with Crippen molar-refractivity contribution in [3.05, 3.63) is 52.7 Å². The highest BCUT2D eigenvalue weighted by molar-refractivity contribution is 5.94. The lowest BCUT2D eigenvalue weighted by atomic mass is 9.84. The molecule has 12 heteroatoms. The number of carbonyl (C=O) groups is 1. The number of nitrogens with one attached hydrogen (secondary N) is 1. The molecule has 0 saturated carbocycles. The molecule has 2 aromatic heterocycles. The number of amides is 1. The van der Waals surface area contributed by atoms with E-state index in [1.165, 1.54) is 10.6 Å². The van der Waals surface area contributed by atoms with E-state index in [-0.39, 0.29) is 24.7 Å². The van der Waals surface area contributed by atoms with Gasteiger partial charge in [0.1, 0.15) is 0 Å². The average Bonchev–Trinajstić information content (AvgIpc) is 3.31. The van der Waals surface area contributed by atoms with Crippen molar-refractivity contribution in [2.45, 2.75) is 70.9 Å². The Bertz CT molecular complexity index is 1570. The van der Waals surface area contributed by atoms with Crippen LogP contribution in [0.3, 0.4) is 0 Å². The summed E-state index contributed by atoms with van der Waals surface area (Å²) in [5, 5.41) is 2.61. The molecule has 0 aliphatic carbocycles. The summed E-state index contributed by atoms with van der Waals surface area (Å²) in [5.74, 6) is -0.240. The van der Waals surface area contributed by atoms with Crippen LogP contribution in [-0.2, 0) is 32.6 Å². The SMILES string of the molecule is CO[C@@H](C)c1ncccc1-c1c2c3cc(ccc3n1C)N1CCO[C@@H](C[C@H](N)C(=O)N3CCC[C@H](N3)[N+](=O)OCC(C)(C)C2)C1. The van der Waals surface area contributed by atoms with Gasteiger partial charge in [-0.05, 0) is 62.1 Å². The molecule has 3 N–H and O–H groups in total. The van der Waals surface area contributed by atoms with Crippen LogP contribution < -0.4 is 16.1 Å². The predicted molar refractivity (Wildman–Crippen MR) is 171 cm³/mol. The predicted octanol–water partition coefficient (Wildman–Crippen LogP) is 3.62. The first-order valence-corrected chi connectivity index (χ1v) is 15.9. The van der Waals surface area contributed by atoms with Gasteiger partial charge in [-0.25, -0.2) is 4.84 Å². The summed E-state index contributed by atoms with van der Waals surface area (Å²) in [6.45, 7) is 8.83. The molecule has 0 unspecified atom stereocenters. The van der Waals surface area contributed by atoms with E-state index < -0.39 is 17.6 Å². The first-order chi connectivity index (χ1) is 21.6. The Kier molecular flexibility index (Phi) is 8.84. The summed E-state index contributed by atoms with van der Waals surface area (Å²) < 4.78 is 14.1. The number of ether oxygens (including phenoxy) is 2. The van der Waals surface area contributed by atoms with Crippen LogP contribution in [-0.4, -0.2) is 83.7 Å². The van der Waals surface area contributed by atoms with Crippen LogP contribution in [0.4, 0.5) is 5.69 Å². The van der Waals surface area contributed by atoms with Crippen molar-refractivity contribution in [3.8, 4) is 11.3 Å². The van der Waals surface area contributed by atoms with Crippen molar-refractivity contribution in [2.24, 2.45) is 18.2 Å². The minimum Gasteiger partial charge on any atom is -0.375 e. The molecule has 5 heterocycles. The van der Waals surface area contributed by atoms with Crippen molar-refractivity contribution < 1.29 is 24.0 Å².